The summed E-state index contributed by atoms with van der Waals surface area (Å²) in [5.41, 5.74) is 4.47. The number of carbonyl (C=O) groups is 1. The highest BCUT2D eigenvalue weighted by molar-refractivity contribution is 6.33. The number of aryl methyl sites for hydroxylation is 3. The summed E-state index contributed by atoms with van der Waals surface area (Å²) < 4.78 is 20.7. The fourth-order valence-electron chi connectivity index (χ4n) is 6.02. The number of ether oxygens (including phenoxy) is 1. The quantitative estimate of drug-likeness (QED) is 0.155. The van der Waals surface area contributed by atoms with Gasteiger partial charge in [-0.15, -0.1) is 0 Å². The summed E-state index contributed by atoms with van der Waals surface area (Å²) in [4.78, 5) is 27.7. The fourth-order valence-corrected chi connectivity index (χ4v) is 6.42. The van der Waals surface area contributed by atoms with E-state index in [1.807, 2.05) is 32.9 Å². The molecule has 0 saturated carbocycles. The van der Waals surface area contributed by atoms with Crippen molar-refractivity contribution in [3.05, 3.63) is 104 Å². The Morgan fingerprint density at radius 1 is 1.04 bits per heavy atom. The predicted octanol–water partition coefficient (Wildman–Crippen LogP) is 7.88. The molecule has 3 aromatic carbocycles. The van der Waals surface area contributed by atoms with Crippen molar-refractivity contribution in [1.29, 1.82) is 0 Å². The van der Waals surface area contributed by atoms with Crippen LogP contribution in [0.4, 0.5) is 26.6 Å². The van der Waals surface area contributed by atoms with Gasteiger partial charge in [0.05, 0.1) is 12.6 Å². The minimum Gasteiger partial charge on any atom is -0.490 e. The number of aromatic nitrogens is 2. The number of anilines is 3. The van der Waals surface area contributed by atoms with E-state index in [-0.39, 0.29) is 17.5 Å². The van der Waals surface area contributed by atoms with Crippen LogP contribution in [0.2, 0.25) is 10.0 Å². The molecule has 2 N–H and O–H groups in total. The van der Waals surface area contributed by atoms with E-state index >= 15 is 4.39 Å². The molecule has 1 saturated heterocycles. The molecule has 0 spiro atoms. The summed E-state index contributed by atoms with van der Waals surface area (Å²) in [6.07, 6.45) is 0.989. The van der Waals surface area contributed by atoms with E-state index in [1.54, 1.807) is 30.3 Å². The monoisotopic (exact) mass is 680 g/mol. The maximum absolute atomic E-state index is 15.0. The minimum absolute atomic E-state index is 0.0854. The number of nitrogens with one attached hydrogen (secondary N) is 1. The van der Waals surface area contributed by atoms with Crippen LogP contribution >= 0.6 is 23.2 Å². The average Bonchev–Trinajstić information content (AvgIpc) is 3.01. The lowest BCUT2D eigenvalue weighted by Crippen LogP contribution is -2.44. The molecule has 4 aromatic rings. The van der Waals surface area contributed by atoms with Gasteiger partial charge in [-0.05, 0) is 92.9 Å². The van der Waals surface area contributed by atoms with Crippen molar-refractivity contribution in [1.82, 2.24) is 19.8 Å². The number of rotatable bonds is 11. The van der Waals surface area contributed by atoms with E-state index in [4.69, 9.17) is 27.9 Å². The van der Waals surface area contributed by atoms with E-state index in [0.717, 1.165) is 66.3 Å². The molecule has 1 atom stereocenters. The van der Waals surface area contributed by atoms with Gasteiger partial charge in [-0.2, -0.15) is 4.98 Å². The van der Waals surface area contributed by atoms with Crippen LogP contribution in [0.3, 0.4) is 0 Å². The molecule has 9 nitrogen and oxygen atoms in total. The Kier molecular flexibility index (Phi) is 11.2. The van der Waals surface area contributed by atoms with Crippen molar-refractivity contribution in [2.75, 3.05) is 56.6 Å². The number of nitrogens with zero attached hydrogens (tertiary/aromatic N) is 5. The molecule has 2 heterocycles. The number of likely N-dealkylation sites (N-methyl/N-ethyl adjacent to an activating group) is 1. The molecule has 1 aliphatic heterocycles. The summed E-state index contributed by atoms with van der Waals surface area (Å²) in [5, 5.41) is 14.4. The Morgan fingerprint density at radius 2 is 1.77 bits per heavy atom. The predicted molar refractivity (Wildman–Crippen MR) is 185 cm³/mol. The number of amides is 1. The fraction of sp³-hybridized carbons (Fsp3) is 0.343. The van der Waals surface area contributed by atoms with E-state index in [1.165, 1.54) is 18.3 Å². The lowest BCUT2D eigenvalue weighted by atomic mass is 9.89. The second-order valence-electron chi connectivity index (χ2n) is 11.9. The maximum Gasteiger partial charge on any atom is 0.413 e. The van der Waals surface area contributed by atoms with Crippen molar-refractivity contribution in [2.24, 2.45) is 0 Å². The third kappa shape index (κ3) is 8.50. The van der Waals surface area contributed by atoms with E-state index in [9.17, 15) is 9.90 Å². The zero-order chi connectivity index (χ0) is 33.7. The number of benzene rings is 3. The molecule has 1 amide bonds. The molecule has 1 aromatic heterocycles. The van der Waals surface area contributed by atoms with Crippen LogP contribution in [-0.4, -0.2) is 77.3 Å². The molecule has 0 aliphatic carbocycles. The molecule has 12 heteroatoms. The lowest BCUT2D eigenvalue weighted by Gasteiger charge is -2.32. The van der Waals surface area contributed by atoms with Crippen LogP contribution in [0.25, 0.3) is 0 Å². The Balaban J connectivity index is 1.37. The summed E-state index contributed by atoms with van der Waals surface area (Å²) in [5.74, 6) is -0.192. The van der Waals surface area contributed by atoms with Crippen molar-refractivity contribution in [3.63, 3.8) is 0 Å². The van der Waals surface area contributed by atoms with E-state index in [0.29, 0.717) is 27.9 Å². The third-order valence-corrected chi connectivity index (χ3v) is 8.86. The van der Waals surface area contributed by atoms with E-state index < -0.39 is 18.0 Å². The zero-order valence-electron chi connectivity index (χ0n) is 26.9. The van der Waals surface area contributed by atoms with Crippen molar-refractivity contribution < 1.29 is 19.0 Å². The van der Waals surface area contributed by atoms with Crippen LogP contribution in [0.15, 0.2) is 60.8 Å². The highest BCUT2D eigenvalue weighted by atomic mass is 35.5. The van der Waals surface area contributed by atoms with Crippen LogP contribution in [0.1, 0.15) is 40.3 Å². The standard InChI is InChI=1S/C35H39Cl2FN6O3/c1-22-18-23(2)32(24(3)19-22)33(27-20-25(36)6-8-28(27)37)44(35(45)46)31-10-11-39-34(41-31)40-26-7-9-30(29(38)21-26)47-17-5-12-43-15-13-42(4)14-16-43/h6-11,18-21,33H,5,12-17H2,1-4H3,(H,45,46)(H,39,40,41). The van der Waals surface area contributed by atoms with Gasteiger partial charge < -0.3 is 25.0 Å². The van der Waals surface area contributed by atoms with Gasteiger partial charge in [-0.3, -0.25) is 0 Å². The molecule has 1 fully saturated rings. The first-order valence-electron chi connectivity index (χ1n) is 15.5. The Morgan fingerprint density at radius 3 is 2.45 bits per heavy atom. The Hall–Kier alpha value is -3.96. The molecule has 0 radical (unpaired) electrons. The molecule has 47 heavy (non-hydrogen) atoms. The number of piperazine rings is 1. The average molecular weight is 682 g/mol. The van der Waals surface area contributed by atoms with Crippen LogP contribution in [-0.2, 0) is 0 Å². The zero-order valence-corrected chi connectivity index (χ0v) is 28.4. The van der Waals surface area contributed by atoms with Gasteiger partial charge in [0, 0.05) is 60.7 Å². The maximum atomic E-state index is 15.0. The van der Waals surface area contributed by atoms with Crippen molar-refractivity contribution >= 4 is 46.7 Å². The number of carboxylic acid groups (broad SMARTS) is 1. The summed E-state index contributed by atoms with van der Waals surface area (Å²) in [6, 6.07) is 14.1. The second-order valence-corrected chi connectivity index (χ2v) is 12.7. The van der Waals surface area contributed by atoms with Gasteiger partial charge >= 0.3 is 6.09 Å². The molecule has 1 aliphatic rings. The van der Waals surface area contributed by atoms with Crippen molar-refractivity contribution in [2.45, 2.75) is 33.2 Å². The molecular weight excluding hydrogens is 642 g/mol. The van der Waals surface area contributed by atoms with Crippen LogP contribution in [0, 0.1) is 26.6 Å². The molecule has 0 bridgehead atoms. The normalized spacial score (nSPS) is 14.5. The summed E-state index contributed by atoms with van der Waals surface area (Å²) in [6.45, 7) is 11.3. The highest BCUT2D eigenvalue weighted by Crippen LogP contribution is 2.40. The second kappa shape index (κ2) is 15.3. The molecular formula is C35H39Cl2FN6O3. The third-order valence-electron chi connectivity index (χ3n) is 8.28. The molecule has 248 valence electrons. The first-order valence-corrected chi connectivity index (χ1v) is 16.2. The number of hydrogen-bond acceptors (Lipinski definition) is 7. The largest absolute Gasteiger partial charge is 0.490 e. The van der Waals surface area contributed by atoms with Gasteiger partial charge in [0.25, 0.3) is 0 Å². The van der Waals surface area contributed by atoms with Gasteiger partial charge in [0.2, 0.25) is 5.95 Å². The number of hydrogen-bond donors (Lipinski definition) is 2. The van der Waals surface area contributed by atoms with Gasteiger partial charge in [-0.25, -0.2) is 19.1 Å². The Bertz CT molecular complexity index is 1710. The lowest BCUT2D eigenvalue weighted by molar-refractivity contribution is 0.145. The van der Waals surface area contributed by atoms with E-state index in [2.05, 4.69) is 32.1 Å². The molecule has 5 rings (SSSR count). The highest BCUT2D eigenvalue weighted by Gasteiger charge is 2.33. The molecule has 1 unspecified atom stereocenters. The minimum atomic E-state index is -1.25. The van der Waals surface area contributed by atoms with Gasteiger partial charge in [0.1, 0.15) is 5.82 Å². The van der Waals surface area contributed by atoms with Gasteiger partial charge in [-0.1, -0.05) is 40.9 Å². The van der Waals surface area contributed by atoms with Gasteiger partial charge in [0.15, 0.2) is 11.6 Å². The van der Waals surface area contributed by atoms with Crippen LogP contribution < -0.4 is 15.0 Å². The SMILES string of the molecule is Cc1cc(C)c(C(c2cc(Cl)ccc2Cl)N(C(=O)O)c2ccnc(Nc3ccc(OCCCN4CCN(C)CC4)c(F)c3)n2)c(C)c1. The van der Waals surface area contributed by atoms with Crippen LogP contribution in [0.5, 0.6) is 5.75 Å². The first kappa shape index (κ1) is 34.4. The number of halogens is 3. The summed E-state index contributed by atoms with van der Waals surface area (Å²) in [7, 11) is 2.12. The van der Waals surface area contributed by atoms with Crippen molar-refractivity contribution in [3.8, 4) is 5.75 Å². The summed E-state index contributed by atoms with van der Waals surface area (Å²) >= 11 is 13.1. The smallest absolute Gasteiger partial charge is 0.413 e. The Labute approximate surface area is 284 Å². The topological polar surface area (TPSA) is 94.1 Å². The first-order chi connectivity index (χ1) is 22.5.